The first kappa shape index (κ1) is 12.0. The molecule has 0 spiro atoms. The lowest BCUT2D eigenvalue weighted by molar-refractivity contribution is 0.0494. The Morgan fingerprint density at radius 1 is 1.53 bits per heavy atom. The zero-order valence-corrected chi connectivity index (χ0v) is 10.3. The van der Waals surface area contributed by atoms with Crippen molar-refractivity contribution in [2.75, 3.05) is 26.2 Å². The molecule has 1 atom stereocenters. The number of nitrogens with zero attached hydrogens (tertiary/aromatic N) is 4. The molecule has 0 aliphatic carbocycles. The van der Waals surface area contributed by atoms with Crippen LogP contribution in [0.2, 0.25) is 0 Å². The van der Waals surface area contributed by atoms with Crippen molar-refractivity contribution in [3.8, 4) is 0 Å². The maximum atomic E-state index is 12.2. The van der Waals surface area contributed by atoms with Gasteiger partial charge in [0, 0.05) is 31.9 Å². The predicted octanol–water partition coefficient (Wildman–Crippen LogP) is 0.643. The second-order valence-electron chi connectivity index (χ2n) is 4.34. The molecule has 1 unspecified atom stereocenters. The van der Waals surface area contributed by atoms with Crippen LogP contribution in [0.4, 0.5) is 0 Å². The minimum Gasteiger partial charge on any atom is -0.332 e. The molecule has 1 fully saturated rings. The summed E-state index contributed by atoms with van der Waals surface area (Å²) in [6.45, 7) is 7.93. The summed E-state index contributed by atoms with van der Waals surface area (Å²) in [5.41, 5.74) is 0.483. The first-order valence-electron chi connectivity index (χ1n) is 6.01. The summed E-state index contributed by atoms with van der Waals surface area (Å²) in [6.07, 6.45) is 3.02. The van der Waals surface area contributed by atoms with Gasteiger partial charge in [-0.15, -0.1) is 0 Å². The van der Waals surface area contributed by atoms with E-state index in [1.165, 1.54) is 6.33 Å². The van der Waals surface area contributed by atoms with Gasteiger partial charge >= 0.3 is 0 Å². The van der Waals surface area contributed by atoms with Gasteiger partial charge in [0.05, 0.1) is 0 Å². The van der Waals surface area contributed by atoms with Crippen LogP contribution >= 0.6 is 0 Å². The predicted molar refractivity (Wildman–Crippen MR) is 64.6 cm³/mol. The highest BCUT2D eigenvalue weighted by molar-refractivity contribution is 5.92. The number of piperazine rings is 1. The smallest absolute Gasteiger partial charge is 0.272 e. The largest absolute Gasteiger partial charge is 0.332 e. The molecule has 5 nitrogen and oxygen atoms in total. The van der Waals surface area contributed by atoms with Crippen molar-refractivity contribution in [2.45, 2.75) is 19.9 Å². The van der Waals surface area contributed by atoms with E-state index in [4.69, 9.17) is 0 Å². The number of rotatable bonds is 2. The molecule has 1 aliphatic rings. The second-order valence-corrected chi connectivity index (χ2v) is 4.34. The summed E-state index contributed by atoms with van der Waals surface area (Å²) in [7, 11) is 0. The van der Waals surface area contributed by atoms with Crippen LogP contribution in [0.3, 0.4) is 0 Å². The Kier molecular flexibility index (Phi) is 3.68. The van der Waals surface area contributed by atoms with Crippen molar-refractivity contribution in [1.82, 2.24) is 19.8 Å². The van der Waals surface area contributed by atoms with Crippen molar-refractivity contribution < 1.29 is 4.79 Å². The van der Waals surface area contributed by atoms with Crippen LogP contribution < -0.4 is 0 Å². The molecule has 0 N–H and O–H groups in total. The standard InChI is InChI=1S/C12H18N4O/c1-3-15-6-7-16(10(2)8-15)12(17)11-4-5-13-9-14-11/h4-5,9-10H,3,6-8H2,1-2H3. The minimum absolute atomic E-state index is 0.00986. The number of aromatic nitrogens is 2. The molecule has 2 rings (SSSR count). The van der Waals surface area contributed by atoms with Crippen molar-refractivity contribution >= 4 is 5.91 Å². The highest BCUT2D eigenvalue weighted by Crippen LogP contribution is 2.12. The molecular formula is C12H18N4O. The third-order valence-electron chi connectivity index (χ3n) is 3.22. The fourth-order valence-corrected chi connectivity index (χ4v) is 2.19. The van der Waals surface area contributed by atoms with Crippen molar-refractivity contribution in [3.05, 3.63) is 24.3 Å². The van der Waals surface area contributed by atoms with E-state index in [1.54, 1.807) is 12.3 Å². The van der Waals surface area contributed by atoms with Gasteiger partial charge in [-0.25, -0.2) is 9.97 Å². The van der Waals surface area contributed by atoms with E-state index in [-0.39, 0.29) is 11.9 Å². The molecule has 17 heavy (non-hydrogen) atoms. The number of amides is 1. The summed E-state index contributed by atoms with van der Waals surface area (Å²) >= 11 is 0. The van der Waals surface area contributed by atoms with Gasteiger partial charge in [0.1, 0.15) is 12.0 Å². The number of carbonyl (C=O) groups excluding carboxylic acids is 1. The van der Waals surface area contributed by atoms with Gasteiger partial charge in [-0.2, -0.15) is 0 Å². The van der Waals surface area contributed by atoms with Crippen LogP contribution in [0, 0.1) is 0 Å². The van der Waals surface area contributed by atoms with Crippen LogP contribution in [0.5, 0.6) is 0 Å². The van der Waals surface area contributed by atoms with Gasteiger partial charge in [0.15, 0.2) is 0 Å². The maximum absolute atomic E-state index is 12.2. The molecule has 0 aromatic carbocycles. The molecule has 1 saturated heterocycles. The summed E-state index contributed by atoms with van der Waals surface area (Å²) in [4.78, 5) is 24.3. The second kappa shape index (κ2) is 5.23. The van der Waals surface area contributed by atoms with Crippen LogP contribution in [0.1, 0.15) is 24.3 Å². The lowest BCUT2D eigenvalue weighted by Gasteiger charge is -2.39. The molecule has 1 amide bonds. The summed E-state index contributed by atoms with van der Waals surface area (Å²) in [5.74, 6) is 0.00986. The molecule has 1 aromatic rings. The first-order chi connectivity index (χ1) is 8.22. The fourth-order valence-electron chi connectivity index (χ4n) is 2.19. The van der Waals surface area contributed by atoms with Crippen LogP contribution in [-0.4, -0.2) is 57.9 Å². The minimum atomic E-state index is 0.00986. The maximum Gasteiger partial charge on any atom is 0.272 e. The molecule has 1 aromatic heterocycles. The van der Waals surface area contributed by atoms with Gasteiger partial charge in [-0.1, -0.05) is 6.92 Å². The Balaban J connectivity index is 2.06. The Morgan fingerprint density at radius 2 is 2.35 bits per heavy atom. The quantitative estimate of drug-likeness (QED) is 0.753. The Hall–Kier alpha value is -1.49. The summed E-state index contributed by atoms with van der Waals surface area (Å²) in [6, 6.07) is 1.91. The van der Waals surface area contributed by atoms with Gasteiger partial charge in [-0.05, 0) is 19.5 Å². The van der Waals surface area contributed by atoms with E-state index < -0.39 is 0 Å². The van der Waals surface area contributed by atoms with Crippen molar-refractivity contribution in [3.63, 3.8) is 0 Å². The molecule has 5 heteroatoms. The monoisotopic (exact) mass is 234 g/mol. The molecule has 92 valence electrons. The van der Waals surface area contributed by atoms with Crippen molar-refractivity contribution in [1.29, 1.82) is 0 Å². The molecule has 2 heterocycles. The van der Waals surface area contributed by atoms with E-state index in [0.29, 0.717) is 5.69 Å². The molecule has 1 aliphatic heterocycles. The molecular weight excluding hydrogens is 216 g/mol. The fraction of sp³-hybridized carbons (Fsp3) is 0.583. The Labute approximate surface area is 101 Å². The topological polar surface area (TPSA) is 49.3 Å². The number of carbonyl (C=O) groups is 1. The lowest BCUT2D eigenvalue weighted by atomic mass is 10.1. The van der Waals surface area contributed by atoms with Crippen LogP contribution in [0.15, 0.2) is 18.6 Å². The van der Waals surface area contributed by atoms with Gasteiger partial charge < -0.3 is 4.90 Å². The van der Waals surface area contributed by atoms with Crippen molar-refractivity contribution in [2.24, 2.45) is 0 Å². The zero-order chi connectivity index (χ0) is 12.3. The Morgan fingerprint density at radius 3 is 2.94 bits per heavy atom. The lowest BCUT2D eigenvalue weighted by Crippen LogP contribution is -2.53. The first-order valence-corrected chi connectivity index (χ1v) is 6.01. The molecule has 0 bridgehead atoms. The summed E-state index contributed by atoms with van der Waals surface area (Å²) < 4.78 is 0. The van der Waals surface area contributed by atoms with E-state index in [0.717, 1.165) is 26.2 Å². The van der Waals surface area contributed by atoms with Gasteiger partial charge in [0.25, 0.3) is 5.91 Å². The van der Waals surface area contributed by atoms with Crippen LogP contribution in [0.25, 0.3) is 0 Å². The zero-order valence-electron chi connectivity index (χ0n) is 10.3. The van der Waals surface area contributed by atoms with Crippen LogP contribution in [-0.2, 0) is 0 Å². The SMILES string of the molecule is CCN1CCN(C(=O)c2ccncn2)C(C)C1. The third-order valence-corrected chi connectivity index (χ3v) is 3.22. The van der Waals surface area contributed by atoms with E-state index >= 15 is 0 Å². The third kappa shape index (κ3) is 2.61. The summed E-state index contributed by atoms with van der Waals surface area (Å²) in [5, 5.41) is 0. The van der Waals surface area contributed by atoms with E-state index in [2.05, 4.69) is 28.7 Å². The van der Waals surface area contributed by atoms with E-state index in [1.807, 2.05) is 4.90 Å². The molecule has 0 saturated carbocycles. The van der Waals surface area contributed by atoms with Gasteiger partial charge in [-0.3, -0.25) is 9.69 Å². The Bertz CT molecular complexity index is 381. The highest BCUT2D eigenvalue weighted by atomic mass is 16.2. The average Bonchev–Trinajstić information content (AvgIpc) is 2.39. The number of hydrogen-bond acceptors (Lipinski definition) is 4. The van der Waals surface area contributed by atoms with E-state index in [9.17, 15) is 4.79 Å². The normalized spacial score (nSPS) is 21.5. The number of hydrogen-bond donors (Lipinski definition) is 0. The number of likely N-dealkylation sites (N-methyl/N-ethyl adjacent to an activating group) is 1. The average molecular weight is 234 g/mol. The highest BCUT2D eigenvalue weighted by Gasteiger charge is 2.27. The molecule has 0 radical (unpaired) electrons. The van der Waals surface area contributed by atoms with Gasteiger partial charge in [0.2, 0.25) is 0 Å².